The van der Waals surface area contributed by atoms with Crippen molar-refractivity contribution in [1.82, 2.24) is 0 Å². The lowest BCUT2D eigenvalue weighted by Crippen LogP contribution is -2.14. The zero-order chi connectivity index (χ0) is 24.7. The fourth-order valence-electron chi connectivity index (χ4n) is 3.70. The van der Waals surface area contributed by atoms with Crippen LogP contribution < -0.4 is 4.74 Å². The predicted octanol–water partition coefficient (Wildman–Crippen LogP) is 5.89. The smallest absolute Gasteiger partial charge is 0.344 e. The molecule has 1 atom stereocenters. The number of aromatic hydroxyl groups is 1. The van der Waals surface area contributed by atoms with E-state index in [9.17, 15) is 19.4 Å². The Bertz CT molecular complexity index is 1110. The normalized spacial score (nSPS) is 11.8. The van der Waals surface area contributed by atoms with Gasteiger partial charge < -0.3 is 19.7 Å². The van der Waals surface area contributed by atoms with Crippen LogP contribution in [0.1, 0.15) is 41.5 Å². The molecule has 0 saturated heterocycles. The summed E-state index contributed by atoms with van der Waals surface area (Å²) in [5, 5.41) is 20.9. The number of ether oxygens (including phenoxy) is 2. The number of rotatable bonds is 10. The van der Waals surface area contributed by atoms with E-state index in [1.807, 2.05) is 6.07 Å². The lowest BCUT2D eigenvalue weighted by atomic mass is 9.86. The second-order valence-electron chi connectivity index (χ2n) is 7.65. The van der Waals surface area contributed by atoms with Gasteiger partial charge in [-0.1, -0.05) is 47.5 Å². The minimum Gasteiger partial charge on any atom is -0.508 e. The first-order chi connectivity index (χ1) is 16.3. The summed E-state index contributed by atoms with van der Waals surface area (Å²) >= 11 is 12.9. The van der Waals surface area contributed by atoms with E-state index >= 15 is 0 Å². The van der Waals surface area contributed by atoms with Gasteiger partial charge in [0.1, 0.15) is 17.3 Å². The van der Waals surface area contributed by atoms with Crippen LogP contribution in [-0.2, 0) is 16.0 Å². The summed E-state index contributed by atoms with van der Waals surface area (Å²) < 4.78 is 23.6. The number of phenols is 1. The van der Waals surface area contributed by atoms with E-state index < -0.39 is 5.97 Å². The summed E-state index contributed by atoms with van der Waals surface area (Å²) in [6.45, 7) is 1.62. The molecule has 0 saturated carbocycles. The number of carbonyl (C=O) groups is 1. The van der Waals surface area contributed by atoms with Crippen LogP contribution in [0.25, 0.3) is 0 Å². The number of esters is 1. The minimum absolute atomic E-state index is 0.0754. The van der Waals surface area contributed by atoms with Crippen LogP contribution >= 0.6 is 23.2 Å². The maximum absolute atomic E-state index is 13.4. The number of carbonyl (C=O) groups excluding carboxylic acids is 1. The van der Waals surface area contributed by atoms with Gasteiger partial charge in [0.05, 0.1) is 6.61 Å². The predicted molar refractivity (Wildman–Crippen MR) is 129 cm³/mol. The van der Waals surface area contributed by atoms with E-state index in [1.54, 1.807) is 43.3 Å². The van der Waals surface area contributed by atoms with Crippen molar-refractivity contribution in [3.8, 4) is 11.5 Å². The topological polar surface area (TPSA) is 76.0 Å². The molecule has 0 radical (unpaired) electrons. The summed E-state index contributed by atoms with van der Waals surface area (Å²) in [4.78, 5) is 11.5. The van der Waals surface area contributed by atoms with Crippen molar-refractivity contribution >= 4 is 29.2 Å². The molecule has 8 heteroatoms. The number of aliphatic hydroxyl groups is 1. The Hall–Kier alpha value is -2.80. The number of benzene rings is 3. The van der Waals surface area contributed by atoms with Crippen LogP contribution in [0.15, 0.2) is 54.6 Å². The SMILES string of the molecule is CCOC(=O)COc1cc(Cl)c(Cc2ccc(O)c(C(CCO)c3ccc(F)cc3)c2)c(Cl)c1. The summed E-state index contributed by atoms with van der Waals surface area (Å²) in [5.74, 6) is -0.753. The van der Waals surface area contributed by atoms with Gasteiger partial charge in [-0.05, 0) is 60.4 Å². The van der Waals surface area contributed by atoms with Gasteiger partial charge in [-0.2, -0.15) is 0 Å². The van der Waals surface area contributed by atoms with Crippen molar-refractivity contribution in [3.05, 3.63) is 92.7 Å². The molecule has 0 fully saturated rings. The van der Waals surface area contributed by atoms with Crippen molar-refractivity contribution in [2.75, 3.05) is 19.8 Å². The highest BCUT2D eigenvalue weighted by Crippen LogP contribution is 2.37. The van der Waals surface area contributed by atoms with E-state index in [4.69, 9.17) is 32.7 Å². The van der Waals surface area contributed by atoms with Crippen molar-refractivity contribution in [1.29, 1.82) is 0 Å². The third-order valence-corrected chi connectivity index (χ3v) is 5.99. The Balaban J connectivity index is 1.85. The fourth-order valence-corrected chi connectivity index (χ4v) is 4.30. The van der Waals surface area contributed by atoms with Gasteiger partial charge in [0, 0.05) is 34.6 Å². The maximum atomic E-state index is 13.4. The lowest BCUT2D eigenvalue weighted by Gasteiger charge is -2.20. The number of halogens is 3. The number of hydrogen-bond acceptors (Lipinski definition) is 5. The first-order valence-electron chi connectivity index (χ1n) is 10.8. The molecule has 3 aromatic carbocycles. The molecular weight excluding hydrogens is 482 g/mol. The Morgan fingerprint density at radius 2 is 1.74 bits per heavy atom. The zero-order valence-electron chi connectivity index (χ0n) is 18.6. The molecular formula is C26H25Cl2FO5. The highest BCUT2D eigenvalue weighted by molar-refractivity contribution is 6.36. The second kappa shape index (κ2) is 12.1. The Kier molecular flexibility index (Phi) is 9.16. The first-order valence-corrected chi connectivity index (χ1v) is 11.5. The average molecular weight is 507 g/mol. The van der Waals surface area contributed by atoms with E-state index in [-0.39, 0.29) is 37.3 Å². The van der Waals surface area contributed by atoms with Crippen LogP contribution in [0.3, 0.4) is 0 Å². The molecule has 5 nitrogen and oxygen atoms in total. The summed E-state index contributed by atoms with van der Waals surface area (Å²) in [6, 6.07) is 14.3. The monoisotopic (exact) mass is 506 g/mol. The molecule has 0 aromatic heterocycles. The molecule has 0 bridgehead atoms. The highest BCUT2D eigenvalue weighted by atomic mass is 35.5. The van der Waals surface area contributed by atoms with Gasteiger partial charge in [0.2, 0.25) is 0 Å². The van der Waals surface area contributed by atoms with Gasteiger partial charge in [-0.15, -0.1) is 0 Å². The van der Waals surface area contributed by atoms with Crippen molar-refractivity contribution in [2.45, 2.75) is 25.7 Å². The van der Waals surface area contributed by atoms with E-state index in [0.717, 1.165) is 11.1 Å². The molecule has 0 spiro atoms. The third kappa shape index (κ3) is 6.63. The van der Waals surface area contributed by atoms with Crippen LogP contribution in [0.5, 0.6) is 11.5 Å². The molecule has 180 valence electrons. The lowest BCUT2D eigenvalue weighted by molar-refractivity contribution is -0.145. The molecule has 0 aliphatic carbocycles. The molecule has 0 heterocycles. The Morgan fingerprint density at radius 3 is 2.35 bits per heavy atom. The molecule has 0 amide bonds. The largest absolute Gasteiger partial charge is 0.508 e. The van der Waals surface area contributed by atoms with Gasteiger partial charge >= 0.3 is 5.97 Å². The molecule has 34 heavy (non-hydrogen) atoms. The average Bonchev–Trinajstić information content (AvgIpc) is 2.80. The van der Waals surface area contributed by atoms with Crippen LogP contribution in [-0.4, -0.2) is 36.0 Å². The quantitative estimate of drug-likeness (QED) is 0.335. The van der Waals surface area contributed by atoms with Crippen molar-refractivity contribution < 1.29 is 28.9 Å². The number of phenolic OH excluding ortho intramolecular Hbond substituents is 1. The molecule has 2 N–H and O–H groups in total. The fraction of sp³-hybridized carbons (Fsp3) is 0.269. The first kappa shape index (κ1) is 25.8. The van der Waals surface area contributed by atoms with Crippen LogP contribution in [0.2, 0.25) is 10.0 Å². The van der Waals surface area contributed by atoms with E-state index in [1.165, 1.54) is 12.1 Å². The third-order valence-electron chi connectivity index (χ3n) is 5.31. The van der Waals surface area contributed by atoms with Crippen LogP contribution in [0, 0.1) is 5.82 Å². The zero-order valence-corrected chi connectivity index (χ0v) is 20.1. The van der Waals surface area contributed by atoms with E-state index in [2.05, 4.69) is 0 Å². The van der Waals surface area contributed by atoms with Crippen LogP contribution in [0.4, 0.5) is 4.39 Å². The minimum atomic E-state index is -0.492. The Morgan fingerprint density at radius 1 is 1.06 bits per heavy atom. The highest BCUT2D eigenvalue weighted by Gasteiger charge is 2.19. The second-order valence-corrected chi connectivity index (χ2v) is 8.46. The number of hydrogen-bond donors (Lipinski definition) is 2. The van der Waals surface area contributed by atoms with Gasteiger partial charge in [-0.3, -0.25) is 0 Å². The summed E-state index contributed by atoms with van der Waals surface area (Å²) in [5.41, 5.74) is 2.88. The van der Waals surface area contributed by atoms with Gasteiger partial charge in [0.25, 0.3) is 0 Å². The van der Waals surface area contributed by atoms with Gasteiger partial charge in [0.15, 0.2) is 6.61 Å². The number of aliphatic hydroxyl groups excluding tert-OH is 1. The molecule has 0 aliphatic rings. The maximum Gasteiger partial charge on any atom is 0.344 e. The molecule has 3 aromatic rings. The standard InChI is InChI=1S/C26H25Cl2FO5/c1-2-33-26(32)15-34-19-13-23(27)22(24(28)14-19)12-16-3-8-25(31)21(11-16)20(9-10-30)17-4-6-18(29)7-5-17/h3-8,11,13-14,20,30-31H,2,9-10,12,15H2,1H3. The molecule has 1 unspecified atom stereocenters. The molecule has 0 aliphatic heterocycles. The van der Waals surface area contributed by atoms with E-state index in [0.29, 0.717) is 39.8 Å². The summed E-state index contributed by atoms with van der Waals surface area (Å²) in [6.07, 6.45) is 0.731. The van der Waals surface area contributed by atoms with Crippen molar-refractivity contribution in [3.63, 3.8) is 0 Å². The molecule has 3 rings (SSSR count). The van der Waals surface area contributed by atoms with Crippen molar-refractivity contribution in [2.24, 2.45) is 0 Å². The Labute approximate surface area is 207 Å². The summed E-state index contributed by atoms with van der Waals surface area (Å²) in [7, 11) is 0. The van der Waals surface area contributed by atoms with Gasteiger partial charge in [-0.25, -0.2) is 9.18 Å².